The van der Waals surface area contributed by atoms with Crippen LogP contribution in [0.25, 0.3) is 0 Å². The van der Waals surface area contributed by atoms with E-state index in [4.69, 9.17) is 4.74 Å². The van der Waals surface area contributed by atoms with Gasteiger partial charge < -0.3 is 10.1 Å². The number of hydrogen-bond donors (Lipinski definition) is 1. The van der Waals surface area contributed by atoms with Gasteiger partial charge >= 0.3 is 0 Å². The van der Waals surface area contributed by atoms with Crippen molar-refractivity contribution in [2.24, 2.45) is 0 Å². The first kappa shape index (κ1) is 26.7. The predicted octanol–water partition coefficient (Wildman–Crippen LogP) is 4.60. The number of anilines is 1. The Balaban J connectivity index is 1.96. The summed E-state index contributed by atoms with van der Waals surface area (Å²) in [4.78, 5) is 23.5. The summed E-state index contributed by atoms with van der Waals surface area (Å²) in [6.07, 6.45) is 0. The number of amides is 1. The minimum absolute atomic E-state index is 0.216. The third kappa shape index (κ3) is 5.83. The number of carbonyl (C=O) groups excluding carboxylic acids is 1. The number of rotatable bonds is 9. The SMILES string of the molecule is COc1ccc(N(CC(=O)NC(C)c2ccc(C)c(C)c2)S(=O)(=O)c2ccc(C)c([N+](=O)[O-])c2)cc1. The van der Waals surface area contributed by atoms with Crippen LogP contribution in [0.4, 0.5) is 11.4 Å². The minimum atomic E-state index is -4.33. The molecule has 1 unspecified atom stereocenters. The molecule has 3 aromatic carbocycles. The van der Waals surface area contributed by atoms with Crippen molar-refractivity contribution in [2.45, 2.75) is 38.6 Å². The van der Waals surface area contributed by atoms with E-state index >= 15 is 0 Å². The van der Waals surface area contributed by atoms with Crippen LogP contribution in [-0.4, -0.2) is 32.9 Å². The number of nitro benzene ring substituents is 1. The highest BCUT2D eigenvalue weighted by Crippen LogP contribution is 2.29. The molecule has 0 spiro atoms. The van der Waals surface area contributed by atoms with Crippen molar-refractivity contribution in [3.63, 3.8) is 0 Å². The molecular formula is C26H29N3O6S. The monoisotopic (exact) mass is 511 g/mol. The first-order valence-electron chi connectivity index (χ1n) is 11.2. The van der Waals surface area contributed by atoms with Gasteiger partial charge in [0.15, 0.2) is 0 Å². The van der Waals surface area contributed by atoms with Crippen LogP contribution >= 0.6 is 0 Å². The predicted molar refractivity (Wildman–Crippen MR) is 138 cm³/mol. The van der Waals surface area contributed by atoms with Gasteiger partial charge in [-0.2, -0.15) is 0 Å². The zero-order valence-corrected chi connectivity index (χ0v) is 21.6. The van der Waals surface area contributed by atoms with Gasteiger partial charge in [0, 0.05) is 11.6 Å². The zero-order chi connectivity index (χ0) is 26.6. The molecule has 0 bridgehead atoms. The van der Waals surface area contributed by atoms with E-state index in [1.165, 1.54) is 38.3 Å². The van der Waals surface area contributed by atoms with Gasteiger partial charge in [-0.05, 0) is 74.7 Å². The van der Waals surface area contributed by atoms with Gasteiger partial charge in [-0.25, -0.2) is 8.42 Å². The molecule has 1 N–H and O–H groups in total. The lowest BCUT2D eigenvalue weighted by Gasteiger charge is -2.25. The molecule has 0 saturated heterocycles. The second-order valence-corrected chi connectivity index (χ2v) is 10.4. The molecule has 0 aliphatic heterocycles. The number of nitro groups is 1. The molecule has 0 aromatic heterocycles. The molecule has 10 heteroatoms. The van der Waals surface area contributed by atoms with Crippen molar-refractivity contribution < 1.29 is 22.9 Å². The smallest absolute Gasteiger partial charge is 0.273 e. The number of methoxy groups -OCH3 is 1. The summed E-state index contributed by atoms with van der Waals surface area (Å²) < 4.78 is 33.4. The van der Waals surface area contributed by atoms with E-state index in [9.17, 15) is 23.3 Å². The van der Waals surface area contributed by atoms with Gasteiger partial charge in [0.25, 0.3) is 15.7 Å². The van der Waals surface area contributed by atoms with Gasteiger partial charge in [-0.1, -0.05) is 24.3 Å². The summed E-state index contributed by atoms with van der Waals surface area (Å²) in [6.45, 7) is 6.79. The van der Waals surface area contributed by atoms with Crippen molar-refractivity contribution in [1.29, 1.82) is 0 Å². The van der Waals surface area contributed by atoms with Crippen LogP contribution in [0.5, 0.6) is 5.75 Å². The van der Waals surface area contributed by atoms with Crippen LogP contribution in [-0.2, 0) is 14.8 Å². The maximum absolute atomic E-state index is 13.6. The van der Waals surface area contributed by atoms with Gasteiger partial charge in [-0.15, -0.1) is 0 Å². The van der Waals surface area contributed by atoms with Crippen molar-refractivity contribution in [1.82, 2.24) is 5.32 Å². The van der Waals surface area contributed by atoms with Crippen molar-refractivity contribution in [2.75, 3.05) is 18.0 Å². The average molecular weight is 512 g/mol. The van der Waals surface area contributed by atoms with Gasteiger partial charge in [0.1, 0.15) is 12.3 Å². The van der Waals surface area contributed by atoms with E-state index in [0.717, 1.165) is 27.1 Å². The zero-order valence-electron chi connectivity index (χ0n) is 20.8. The van der Waals surface area contributed by atoms with E-state index < -0.39 is 27.4 Å². The van der Waals surface area contributed by atoms with E-state index in [1.807, 2.05) is 39.0 Å². The number of benzene rings is 3. The maximum Gasteiger partial charge on any atom is 0.273 e. The summed E-state index contributed by atoms with van der Waals surface area (Å²) in [7, 11) is -2.84. The van der Waals surface area contributed by atoms with Crippen LogP contribution in [0, 0.1) is 30.9 Å². The molecule has 0 aliphatic rings. The Kier molecular flexibility index (Phi) is 7.99. The highest BCUT2D eigenvalue weighted by molar-refractivity contribution is 7.92. The van der Waals surface area contributed by atoms with Crippen molar-refractivity contribution in [3.8, 4) is 5.75 Å². The third-order valence-electron chi connectivity index (χ3n) is 6.02. The van der Waals surface area contributed by atoms with Gasteiger partial charge in [0.2, 0.25) is 5.91 Å². The van der Waals surface area contributed by atoms with Gasteiger partial charge in [-0.3, -0.25) is 19.2 Å². The lowest BCUT2D eigenvalue weighted by Crippen LogP contribution is -2.41. The molecule has 190 valence electrons. The van der Waals surface area contributed by atoms with Crippen LogP contribution < -0.4 is 14.4 Å². The third-order valence-corrected chi connectivity index (χ3v) is 7.79. The topological polar surface area (TPSA) is 119 Å². The maximum atomic E-state index is 13.6. The number of hydrogen-bond acceptors (Lipinski definition) is 6. The second kappa shape index (κ2) is 10.8. The second-order valence-electron chi connectivity index (χ2n) is 8.55. The molecule has 0 aliphatic carbocycles. The molecule has 0 radical (unpaired) electrons. The highest BCUT2D eigenvalue weighted by Gasteiger charge is 2.29. The van der Waals surface area contributed by atoms with Crippen molar-refractivity contribution >= 4 is 27.3 Å². The normalized spacial score (nSPS) is 12.0. The molecule has 0 heterocycles. The largest absolute Gasteiger partial charge is 0.497 e. The minimum Gasteiger partial charge on any atom is -0.497 e. The lowest BCUT2D eigenvalue weighted by molar-refractivity contribution is -0.385. The van der Waals surface area contributed by atoms with Crippen LogP contribution in [0.15, 0.2) is 65.6 Å². The Labute approximate surface area is 210 Å². The van der Waals surface area contributed by atoms with Crippen LogP contribution in [0.3, 0.4) is 0 Å². The number of carbonyl (C=O) groups is 1. The standard InChI is InChI=1S/C26H29N3O6S/c1-17-6-8-21(14-19(17)3)20(4)27-26(30)16-28(22-9-11-23(35-5)12-10-22)36(33,34)24-13-7-18(2)25(15-24)29(31)32/h6-15,20H,16H2,1-5H3,(H,27,30). The summed E-state index contributed by atoms with van der Waals surface area (Å²) in [6, 6.07) is 15.3. The Morgan fingerprint density at radius 3 is 2.22 bits per heavy atom. The summed E-state index contributed by atoms with van der Waals surface area (Å²) in [5.74, 6) is -0.0170. The van der Waals surface area contributed by atoms with Gasteiger partial charge in [0.05, 0.1) is 28.7 Å². The fourth-order valence-electron chi connectivity index (χ4n) is 3.67. The number of nitrogens with zero attached hydrogens (tertiary/aromatic N) is 2. The van der Waals surface area contributed by atoms with E-state index in [2.05, 4.69) is 5.32 Å². The number of nitrogens with one attached hydrogen (secondary N) is 1. The molecule has 0 fully saturated rings. The Bertz CT molecular complexity index is 1390. The summed E-state index contributed by atoms with van der Waals surface area (Å²) in [5.41, 5.74) is 3.32. The fourth-order valence-corrected chi connectivity index (χ4v) is 5.11. The molecule has 9 nitrogen and oxygen atoms in total. The fraction of sp³-hybridized carbons (Fsp3) is 0.269. The molecule has 36 heavy (non-hydrogen) atoms. The lowest BCUT2D eigenvalue weighted by atomic mass is 10.0. The number of aryl methyl sites for hydroxylation is 3. The molecule has 3 aromatic rings. The van der Waals surface area contributed by atoms with Crippen LogP contribution in [0.2, 0.25) is 0 Å². The highest BCUT2D eigenvalue weighted by atomic mass is 32.2. The average Bonchev–Trinajstić information content (AvgIpc) is 2.84. The van der Waals surface area contributed by atoms with E-state index in [1.54, 1.807) is 12.1 Å². The molecule has 3 rings (SSSR count). The Morgan fingerprint density at radius 2 is 1.64 bits per heavy atom. The first-order chi connectivity index (χ1) is 16.9. The molecular weight excluding hydrogens is 482 g/mol. The first-order valence-corrected chi connectivity index (χ1v) is 12.7. The summed E-state index contributed by atoms with van der Waals surface area (Å²) in [5, 5.41) is 14.3. The molecule has 1 amide bonds. The summed E-state index contributed by atoms with van der Waals surface area (Å²) >= 11 is 0. The Morgan fingerprint density at radius 1 is 1.00 bits per heavy atom. The van der Waals surface area contributed by atoms with E-state index in [0.29, 0.717) is 11.3 Å². The number of sulfonamides is 1. The van der Waals surface area contributed by atoms with Crippen molar-refractivity contribution in [3.05, 3.63) is 93.0 Å². The van der Waals surface area contributed by atoms with E-state index in [-0.39, 0.29) is 22.3 Å². The Hall–Kier alpha value is -3.92. The van der Waals surface area contributed by atoms with Crippen LogP contribution in [0.1, 0.15) is 35.2 Å². The quantitative estimate of drug-likeness (QED) is 0.331. The number of ether oxygens (including phenoxy) is 1. The molecule has 0 saturated carbocycles. The molecule has 1 atom stereocenters.